The largest absolute Gasteiger partial charge is 0.511 e. The summed E-state index contributed by atoms with van der Waals surface area (Å²) < 4.78 is 11.2. The highest BCUT2D eigenvalue weighted by Gasteiger charge is 2.27. The van der Waals surface area contributed by atoms with Gasteiger partial charge in [-0.15, -0.1) is 0 Å². The second-order valence-electron chi connectivity index (χ2n) is 10.8. The van der Waals surface area contributed by atoms with Crippen LogP contribution < -0.4 is 9.47 Å². The molecular weight excluding hydrogens is 476 g/mol. The van der Waals surface area contributed by atoms with Gasteiger partial charge in [0.1, 0.15) is 0 Å². The van der Waals surface area contributed by atoms with Gasteiger partial charge >= 0.3 is 6.16 Å². The van der Waals surface area contributed by atoms with Crippen molar-refractivity contribution < 1.29 is 24.5 Å². The Morgan fingerprint density at radius 2 is 0.947 bits per heavy atom. The van der Waals surface area contributed by atoms with E-state index < -0.39 is 6.16 Å². The molecule has 0 aliphatic rings. The highest BCUT2D eigenvalue weighted by molar-refractivity contribution is 5.70. The number of aromatic hydroxyl groups is 1. The van der Waals surface area contributed by atoms with Crippen LogP contribution in [0.4, 0.5) is 4.79 Å². The molecule has 1 aromatic rings. The van der Waals surface area contributed by atoms with Gasteiger partial charge in [0.15, 0.2) is 11.5 Å². The number of benzene rings is 1. The van der Waals surface area contributed by atoms with Crippen LogP contribution >= 0.6 is 0 Å². The summed E-state index contributed by atoms with van der Waals surface area (Å²) in [4.78, 5) is 11.6. The van der Waals surface area contributed by atoms with Gasteiger partial charge in [0.2, 0.25) is 5.75 Å². The predicted molar refractivity (Wildman–Crippen MR) is 159 cm³/mol. The maximum absolute atomic E-state index is 11.6. The fourth-order valence-electron chi connectivity index (χ4n) is 5.40. The first-order valence-electron chi connectivity index (χ1n) is 15.9. The Hall–Kier alpha value is -1.91. The minimum atomic E-state index is -1.42. The number of phenolic OH excluding ortho intramolecular Hbond substituents is 1. The van der Waals surface area contributed by atoms with Crippen LogP contribution in [0.25, 0.3) is 0 Å². The van der Waals surface area contributed by atoms with Crippen LogP contribution in [0.1, 0.15) is 160 Å². The molecule has 0 atom stereocenters. The summed E-state index contributed by atoms with van der Waals surface area (Å²) >= 11 is 0. The van der Waals surface area contributed by atoms with Crippen LogP contribution in [0, 0.1) is 0 Å². The molecule has 1 aromatic carbocycles. The average Bonchev–Trinajstić information content (AvgIpc) is 2.90. The quantitative estimate of drug-likeness (QED) is 0.0783. The maximum Gasteiger partial charge on any atom is 0.511 e. The number of ether oxygens (including phenoxy) is 2. The van der Waals surface area contributed by atoms with Gasteiger partial charge in [-0.25, -0.2) is 4.79 Å². The van der Waals surface area contributed by atoms with Crippen LogP contribution in [0.15, 0.2) is 0 Å². The standard InChI is InChI=1S/C33H58O5/c1-5-9-12-15-18-21-24-27-28(25-22-19-16-13-10-6-2)30(34)32(38-33(35)36)31(37-8-4)29(27)26-23-20-17-14-11-7-3/h34H,5-26H2,1-4H3,(H,35,36). The topological polar surface area (TPSA) is 76.0 Å². The molecule has 0 fully saturated rings. The first-order valence-corrected chi connectivity index (χ1v) is 15.9. The molecule has 0 aliphatic carbocycles. The van der Waals surface area contributed by atoms with E-state index in [4.69, 9.17) is 9.47 Å². The van der Waals surface area contributed by atoms with Crippen LogP contribution in [0.5, 0.6) is 17.2 Å². The second kappa shape index (κ2) is 22.0. The summed E-state index contributed by atoms with van der Waals surface area (Å²) in [7, 11) is 0. The van der Waals surface area contributed by atoms with E-state index >= 15 is 0 Å². The van der Waals surface area contributed by atoms with Gasteiger partial charge in [-0.05, 0) is 51.0 Å². The molecule has 5 nitrogen and oxygen atoms in total. The fraction of sp³-hybridized carbons (Fsp3) is 0.788. The molecule has 0 amide bonds. The highest BCUT2D eigenvalue weighted by atomic mass is 16.7. The lowest BCUT2D eigenvalue weighted by Gasteiger charge is -2.23. The molecule has 38 heavy (non-hydrogen) atoms. The van der Waals surface area contributed by atoms with E-state index in [1.807, 2.05) is 6.92 Å². The SMILES string of the molecule is CCCCCCCCc1c(O)c(OC(=O)O)c(OCC)c(CCCCCCCC)c1CCCCCCCC. The van der Waals surface area contributed by atoms with Crippen molar-refractivity contribution in [1.29, 1.82) is 0 Å². The number of unbranched alkanes of at least 4 members (excludes halogenated alkanes) is 15. The summed E-state index contributed by atoms with van der Waals surface area (Å²) in [5.74, 6) is 0.402. The molecule has 1 rings (SSSR count). The summed E-state index contributed by atoms with van der Waals surface area (Å²) in [6.07, 6.45) is 22.5. The van der Waals surface area contributed by atoms with Crippen molar-refractivity contribution >= 4 is 6.16 Å². The number of hydrogen-bond donors (Lipinski definition) is 2. The van der Waals surface area contributed by atoms with Gasteiger partial charge in [-0.1, -0.05) is 117 Å². The zero-order valence-electron chi connectivity index (χ0n) is 25.2. The third kappa shape index (κ3) is 13.2. The molecule has 0 radical (unpaired) electrons. The molecule has 0 unspecified atom stereocenters. The zero-order valence-corrected chi connectivity index (χ0v) is 25.2. The van der Waals surface area contributed by atoms with E-state index in [0.717, 1.165) is 62.5 Å². The summed E-state index contributed by atoms with van der Waals surface area (Å²) in [5.41, 5.74) is 3.13. The second-order valence-corrected chi connectivity index (χ2v) is 10.8. The van der Waals surface area contributed by atoms with Gasteiger partial charge in [0.05, 0.1) is 6.61 Å². The van der Waals surface area contributed by atoms with Crippen LogP contribution in [0.3, 0.4) is 0 Å². The molecule has 5 heteroatoms. The molecular formula is C33H58O5. The lowest BCUT2D eigenvalue weighted by Crippen LogP contribution is -2.12. The first kappa shape index (κ1) is 34.1. The Labute approximate surface area is 233 Å². The summed E-state index contributed by atoms with van der Waals surface area (Å²) in [6.45, 7) is 8.98. The molecule has 2 N–H and O–H groups in total. The van der Waals surface area contributed by atoms with Crippen LogP contribution in [-0.2, 0) is 19.3 Å². The van der Waals surface area contributed by atoms with E-state index in [1.165, 1.54) is 89.0 Å². The van der Waals surface area contributed by atoms with Crippen molar-refractivity contribution in [2.45, 2.75) is 163 Å². The monoisotopic (exact) mass is 534 g/mol. The van der Waals surface area contributed by atoms with E-state index in [9.17, 15) is 15.0 Å². The number of carbonyl (C=O) groups is 1. The summed E-state index contributed by atoms with van der Waals surface area (Å²) in [5, 5.41) is 20.8. The fourth-order valence-corrected chi connectivity index (χ4v) is 5.40. The highest BCUT2D eigenvalue weighted by Crippen LogP contribution is 2.47. The summed E-state index contributed by atoms with van der Waals surface area (Å²) in [6, 6.07) is 0. The molecule has 0 heterocycles. The van der Waals surface area contributed by atoms with E-state index in [0.29, 0.717) is 12.4 Å². The Morgan fingerprint density at radius 1 is 0.553 bits per heavy atom. The minimum Gasteiger partial charge on any atom is -0.504 e. The number of rotatable bonds is 24. The van der Waals surface area contributed by atoms with Crippen molar-refractivity contribution in [3.63, 3.8) is 0 Å². The number of carboxylic acid groups (broad SMARTS) is 1. The predicted octanol–water partition coefficient (Wildman–Crippen LogP) is 10.6. The van der Waals surface area contributed by atoms with Crippen molar-refractivity contribution in [2.24, 2.45) is 0 Å². The third-order valence-electron chi connectivity index (χ3n) is 7.53. The van der Waals surface area contributed by atoms with E-state index in [-0.39, 0.29) is 11.5 Å². The Kier molecular flexibility index (Phi) is 19.7. The third-order valence-corrected chi connectivity index (χ3v) is 7.53. The number of phenols is 1. The first-order chi connectivity index (χ1) is 18.5. The van der Waals surface area contributed by atoms with Crippen molar-refractivity contribution in [1.82, 2.24) is 0 Å². The van der Waals surface area contributed by atoms with Gasteiger partial charge < -0.3 is 19.7 Å². The van der Waals surface area contributed by atoms with Gasteiger partial charge in [-0.3, -0.25) is 0 Å². The lowest BCUT2D eigenvalue weighted by molar-refractivity contribution is 0.140. The Morgan fingerprint density at radius 3 is 1.37 bits per heavy atom. The Balaban J connectivity index is 3.30. The number of hydrogen-bond acceptors (Lipinski definition) is 4. The lowest BCUT2D eigenvalue weighted by atomic mass is 9.88. The normalized spacial score (nSPS) is 11.2. The van der Waals surface area contributed by atoms with Gasteiger partial charge in [-0.2, -0.15) is 0 Å². The molecule has 0 aliphatic heterocycles. The Bertz CT molecular complexity index is 758. The average molecular weight is 535 g/mol. The molecule has 0 aromatic heterocycles. The molecule has 0 saturated heterocycles. The smallest absolute Gasteiger partial charge is 0.504 e. The van der Waals surface area contributed by atoms with Crippen LogP contribution in [0.2, 0.25) is 0 Å². The van der Waals surface area contributed by atoms with E-state index in [2.05, 4.69) is 20.8 Å². The molecule has 0 bridgehead atoms. The van der Waals surface area contributed by atoms with Crippen molar-refractivity contribution in [3.05, 3.63) is 16.7 Å². The van der Waals surface area contributed by atoms with Crippen LogP contribution in [-0.4, -0.2) is 23.0 Å². The van der Waals surface area contributed by atoms with E-state index in [1.54, 1.807) is 0 Å². The molecule has 0 saturated carbocycles. The van der Waals surface area contributed by atoms with Gasteiger partial charge in [0.25, 0.3) is 0 Å². The maximum atomic E-state index is 11.6. The minimum absolute atomic E-state index is 0.00647. The molecule has 220 valence electrons. The molecule has 0 spiro atoms. The zero-order chi connectivity index (χ0) is 28.0. The van der Waals surface area contributed by atoms with Gasteiger partial charge in [0, 0.05) is 11.1 Å². The van der Waals surface area contributed by atoms with Crippen molar-refractivity contribution in [3.8, 4) is 17.2 Å². The van der Waals surface area contributed by atoms with Crippen molar-refractivity contribution in [2.75, 3.05) is 6.61 Å².